The molecule has 2 rings (SSSR count). The van der Waals surface area contributed by atoms with Gasteiger partial charge in [-0.25, -0.2) is 0 Å². The lowest BCUT2D eigenvalue weighted by Gasteiger charge is -2.33. The van der Waals surface area contributed by atoms with Crippen molar-refractivity contribution in [1.29, 1.82) is 0 Å². The number of amidine groups is 1. The molecule has 1 unspecified atom stereocenters. The van der Waals surface area contributed by atoms with Crippen molar-refractivity contribution in [2.24, 2.45) is 16.3 Å². The molecule has 1 aliphatic rings. The van der Waals surface area contributed by atoms with Crippen LogP contribution in [-0.2, 0) is 11.3 Å². The Labute approximate surface area is 123 Å². The molecule has 3 N–H and O–H groups in total. The molecule has 1 saturated carbocycles. The van der Waals surface area contributed by atoms with Crippen LogP contribution in [0.1, 0.15) is 38.0 Å². The van der Waals surface area contributed by atoms with Crippen LogP contribution in [0.3, 0.4) is 0 Å². The minimum Gasteiger partial charge on any atom is -0.409 e. The van der Waals surface area contributed by atoms with Gasteiger partial charge in [0, 0.05) is 10.9 Å². The van der Waals surface area contributed by atoms with Gasteiger partial charge in [-0.2, -0.15) is 0 Å². The van der Waals surface area contributed by atoms with Crippen LogP contribution in [0.2, 0.25) is 0 Å². The van der Waals surface area contributed by atoms with Gasteiger partial charge in [-0.15, -0.1) is 11.3 Å². The Morgan fingerprint density at radius 2 is 2.35 bits per heavy atom. The van der Waals surface area contributed by atoms with E-state index in [-0.39, 0.29) is 11.7 Å². The summed E-state index contributed by atoms with van der Waals surface area (Å²) in [6.45, 7) is 4.23. The highest BCUT2D eigenvalue weighted by Crippen LogP contribution is 2.34. The summed E-state index contributed by atoms with van der Waals surface area (Å²) >= 11 is 1.64. The molecule has 1 aliphatic carbocycles. The average molecular weight is 295 g/mol. The van der Waals surface area contributed by atoms with Crippen molar-refractivity contribution in [3.05, 3.63) is 22.4 Å². The first-order chi connectivity index (χ1) is 9.52. The van der Waals surface area contributed by atoms with E-state index >= 15 is 0 Å². The number of hydrogen-bond donors (Lipinski definition) is 2. The van der Waals surface area contributed by atoms with E-state index < -0.39 is 5.41 Å². The van der Waals surface area contributed by atoms with Gasteiger partial charge < -0.3 is 15.8 Å². The first-order valence-electron chi connectivity index (χ1n) is 6.84. The molecule has 20 heavy (non-hydrogen) atoms. The molecule has 0 bridgehead atoms. The Morgan fingerprint density at radius 3 is 2.80 bits per heavy atom. The van der Waals surface area contributed by atoms with E-state index in [0.717, 1.165) is 17.7 Å². The molecule has 110 valence electrons. The second-order valence-corrected chi connectivity index (χ2v) is 6.45. The third-order valence-corrected chi connectivity index (χ3v) is 4.87. The van der Waals surface area contributed by atoms with Crippen LogP contribution >= 0.6 is 11.3 Å². The Kier molecular flexibility index (Phi) is 4.32. The second-order valence-electron chi connectivity index (χ2n) is 5.41. The van der Waals surface area contributed by atoms with Gasteiger partial charge in [0.25, 0.3) is 0 Å². The molecule has 1 heterocycles. The fourth-order valence-electron chi connectivity index (χ4n) is 2.19. The Balaban J connectivity index is 2.22. The first kappa shape index (κ1) is 14.8. The number of thiophene rings is 1. The SMILES string of the molecule is CCC(C)(C(=O)N(Cc1cccs1)C1CC1)/C(N)=N/O. The standard InChI is InChI=1S/C14H21N3O2S/c1-3-14(2,12(15)16-19)13(18)17(10-6-7-10)9-11-5-4-8-20-11/h4-5,8,10,19H,3,6-7,9H2,1-2H3,(H2,15,16). The number of nitrogens with two attached hydrogens (primary N) is 1. The zero-order valence-electron chi connectivity index (χ0n) is 11.9. The van der Waals surface area contributed by atoms with E-state index in [1.807, 2.05) is 29.3 Å². The summed E-state index contributed by atoms with van der Waals surface area (Å²) in [5, 5.41) is 14.0. The molecule has 0 aliphatic heterocycles. The topological polar surface area (TPSA) is 78.9 Å². The van der Waals surface area contributed by atoms with Crippen LogP contribution in [0.4, 0.5) is 0 Å². The number of hydrogen-bond acceptors (Lipinski definition) is 4. The van der Waals surface area contributed by atoms with Crippen LogP contribution in [0.25, 0.3) is 0 Å². The van der Waals surface area contributed by atoms with Crippen molar-refractivity contribution in [1.82, 2.24) is 4.90 Å². The van der Waals surface area contributed by atoms with Crippen LogP contribution in [0, 0.1) is 5.41 Å². The molecule has 1 atom stereocenters. The van der Waals surface area contributed by atoms with Gasteiger partial charge in [0.15, 0.2) is 5.84 Å². The number of rotatable bonds is 6. The zero-order chi connectivity index (χ0) is 14.8. The monoisotopic (exact) mass is 295 g/mol. The Bertz CT molecular complexity index is 497. The van der Waals surface area contributed by atoms with Crippen LogP contribution in [-0.4, -0.2) is 27.9 Å². The molecule has 6 heteroatoms. The summed E-state index contributed by atoms with van der Waals surface area (Å²) in [5.74, 6) is -0.0620. The number of oxime groups is 1. The van der Waals surface area contributed by atoms with Crippen molar-refractivity contribution in [2.75, 3.05) is 0 Å². The van der Waals surface area contributed by atoms with Crippen LogP contribution in [0.15, 0.2) is 22.7 Å². The molecular formula is C14H21N3O2S. The Hall–Kier alpha value is -1.56. The summed E-state index contributed by atoms with van der Waals surface area (Å²) in [6.07, 6.45) is 2.58. The van der Waals surface area contributed by atoms with E-state index in [1.54, 1.807) is 18.3 Å². The highest BCUT2D eigenvalue weighted by Gasteiger charge is 2.44. The lowest BCUT2D eigenvalue weighted by Crippen LogP contribution is -2.49. The predicted molar refractivity (Wildman–Crippen MR) is 79.7 cm³/mol. The van der Waals surface area contributed by atoms with Gasteiger partial charge in [0.1, 0.15) is 5.41 Å². The normalized spacial score (nSPS) is 18.6. The maximum absolute atomic E-state index is 12.9. The molecule has 1 fully saturated rings. The van der Waals surface area contributed by atoms with E-state index in [2.05, 4.69) is 5.16 Å². The fraction of sp³-hybridized carbons (Fsp3) is 0.571. The molecule has 0 saturated heterocycles. The van der Waals surface area contributed by atoms with E-state index in [4.69, 9.17) is 10.9 Å². The van der Waals surface area contributed by atoms with Gasteiger partial charge in [0.05, 0.1) is 6.54 Å². The Morgan fingerprint density at radius 1 is 1.65 bits per heavy atom. The summed E-state index contributed by atoms with van der Waals surface area (Å²) in [5.41, 5.74) is 4.81. The number of carbonyl (C=O) groups excluding carboxylic acids is 1. The highest BCUT2D eigenvalue weighted by atomic mass is 32.1. The average Bonchev–Trinajstić information content (AvgIpc) is 3.18. The van der Waals surface area contributed by atoms with Gasteiger partial charge >= 0.3 is 0 Å². The predicted octanol–water partition coefficient (Wildman–Crippen LogP) is 2.40. The van der Waals surface area contributed by atoms with Gasteiger partial charge in [-0.3, -0.25) is 4.79 Å². The number of carbonyl (C=O) groups is 1. The summed E-state index contributed by atoms with van der Waals surface area (Å²) in [7, 11) is 0. The van der Waals surface area contributed by atoms with E-state index in [0.29, 0.717) is 19.0 Å². The molecule has 0 aromatic carbocycles. The highest BCUT2D eigenvalue weighted by molar-refractivity contribution is 7.09. The van der Waals surface area contributed by atoms with Crippen LogP contribution < -0.4 is 5.73 Å². The van der Waals surface area contributed by atoms with Crippen molar-refractivity contribution in [3.63, 3.8) is 0 Å². The summed E-state index contributed by atoms with van der Waals surface area (Å²) in [6, 6.07) is 4.31. The van der Waals surface area contributed by atoms with Crippen molar-refractivity contribution in [2.45, 2.75) is 45.7 Å². The smallest absolute Gasteiger partial charge is 0.236 e. The largest absolute Gasteiger partial charge is 0.409 e. The lowest BCUT2D eigenvalue weighted by molar-refractivity contribution is -0.139. The summed E-state index contributed by atoms with van der Waals surface area (Å²) < 4.78 is 0. The summed E-state index contributed by atoms with van der Waals surface area (Å²) in [4.78, 5) is 15.9. The van der Waals surface area contributed by atoms with Gasteiger partial charge in [-0.1, -0.05) is 18.1 Å². The van der Waals surface area contributed by atoms with Crippen molar-refractivity contribution >= 4 is 23.1 Å². The maximum atomic E-state index is 12.9. The first-order valence-corrected chi connectivity index (χ1v) is 7.72. The molecule has 1 aromatic rings. The number of amides is 1. The third kappa shape index (κ3) is 2.80. The molecular weight excluding hydrogens is 274 g/mol. The van der Waals surface area contributed by atoms with Crippen molar-refractivity contribution < 1.29 is 10.0 Å². The zero-order valence-corrected chi connectivity index (χ0v) is 12.7. The van der Waals surface area contributed by atoms with Gasteiger partial charge in [-0.05, 0) is 37.6 Å². The van der Waals surface area contributed by atoms with Gasteiger partial charge in [0.2, 0.25) is 5.91 Å². The van der Waals surface area contributed by atoms with Crippen molar-refractivity contribution in [3.8, 4) is 0 Å². The molecule has 1 amide bonds. The third-order valence-electron chi connectivity index (χ3n) is 4.01. The fourth-order valence-corrected chi connectivity index (χ4v) is 2.90. The van der Waals surface area contributed by atoms with Crippen LogP contribution in [0.5, 0.6) is 0 Å². The number of nitrogens with zero attached hydrogens (tertiary/aromatic N) is 2. The van der Waals surface area contributed by atoms with E-state index in [9.17, 15) is 4.79 Å². The minimum absolute atomic E-state index is 0.0122. The van der Waals surface area contributed by atoms with E-state index in [1.165, 1.54) is 0 Å². The quantitative estimate of drug-likeness (QED) is 0.366. The molecule has 0 spiro atoms. The lowest BCUT2D eigenvalue weighted by atomic mass is 9.84. The maximum Gasteiger partial charge on any atom is 0.236 e. The minimum atomic E-state index is -0.936. The second kappa shape index (κ2) is 5.83. The molecule has 5 nitrogen and oxygen atoms in total. The molecule has 0 radical (unpaired) electrons. The molecule has 1 aromatic heterocycles.